The molecule has 0 spiro atoms. The fraction of sp³-hybridized carbons (Fsp3) is 0.353. The molecule has 0 saturated carbocycles. The average Bonchev–Trinajstić information content (AvgIpc) is 3.07. The molecule has 0 bridgehead atoms. The number of ether oxygens (including phenoxy) is 2. The van der Waals surface area contributed by atoms with Gasteiger partial charge in [0.1, 0.15) is 19.3 Å². The summed E-state index contributed by atoms with van der Waals surface area (Å²) in [4.78, 5) is 53.4. The Balaban J connectivity index is 1.65. The van der Waals surface area contributed by atoms with Crippen molar-refractivity contribution in [3.63, 3.8) is 0 Å². The molecule has 0 aromatic heterocycles. The van der Waals surface area contributed by atoms with Crippen molar-refractivity contribution in [2.75, 3.05) is 6.73 Å². The second-order valence-electron chi connectivity index (χ2n) is 11.4. The fourth-order valence-corrected chi connectivity index (χ4v) is 5.00. The zero-order valence-electron chi connectivity index (χ0n) is 27.7. The molecular formula is C34H42N6O9. The van der Waals surface area contributed by atoms with E-state index in [9.17, 15) is 29.6 Å². The van der Waals surface area contributed by atoms with Crippen LogP contribution in [0.1, 0.15) is 62.3 Å². The lowest BCUT2D eigenvalue weighted by Crippen LogP contribution is -2.47. The second-order valence-corrected chi connectivity index (χ2v) is 11.4. The summed E-state index contributed by atoms with van der Waals surface area (Å²) in [5, 5.41) is 24.4. The number of hydrogen-bond donors (Lipinski definition) is 3. The molecule has 0 aliphatic heterocycles. The third kappa shape index (κ3) is 11.8. The zero-order valence-corrected chi connectivity index (χ0v) is 27.7. The summed E-state index contributed by atoms with van der Waals surface area (Å²) in [6.45, 7) is 4.83. The number of benzene rings is 3. The molecule has 0 aliphatic rings. The van der Waals surface area contributed by atoms with E-state index in [0.29, 0.717) is 23.1 Å². The van der Waals surface area contributed by atoms with Crippen molar-refractivity contribution < 1.29 is 38.9 Å². The molecule has 3 rings (SSSR count). The molecule has 49 heavy (non-hydrogen) atoms. The molecule has 15 heteroatoms. The maximum absolute atomic E-state index is 13.0. The Morgan fingerprint density at radius 1 is 0.959 bits per heavy atom. The number of nitrogens with two attached hydrogens (primary N) is 2. The number of amides is 1. The Labute approximate surface area is 284 Å². The van der Waals surface area contributed by atoms with Crippen molar-refractivity contribution in [1.29, 1.82) is 0 Å². The van der Waals surface area contributed by atoms with Gasteiger partial charge in [-0.1, -0.05) is 100.0 Å². The molecule has 1 atom stereocenters. The van der Waals surface area contributed by atoms with Gasteiger partial charge < -0.3 is 30.1 Å². The highest BCUT2D eigenvalue weighted by Gasteiger charge is 2.32. The van der Waals surface area contributed by atoms with E-state index in [1.54, 1.807) is 50.2 Å². The van der Waals surface area contributed by atoms with Crippen LogP contribution in [0.25, 0.3) is 11.1 Å². The quantitative estimate of drug-likeness (QED) is 0.0315. The van der Waals surface area contributed by atoms with E-state index < -0.39 is 30.0 Å². The van der Waals surface area contributed by atoms with E-state index in [2.05, 4.69) is 9.94 Å². The van der Waals surface area contributed by atoms with Gasteiger partial charge in [-0.05, 0) is 40.2 Å². The van der Waals surface area contributed by atoms with E-state index >= 15 is 0 Å². The first-order valence-corrected chi connectivity index (χ1v) is 15.6. The lowest BCUT2D eigenvalue weighted by atomic mass is 9.97. The predicted octanol–water partition coefficient (Wildman–Crippen LogP) is 4.80. The highest BCUT2D eigenvalue weighted by molar-refractivity contribution is 6.03. The first kappa shape index (κ1) is 37.8. The van der Waals surface area contributed by atoms with Crippen LogP contribution in [0.3, 0.4) is 0 Å². The fourth-order valence-electron chi connectivity index (χ4n) is 5.00. The van der Waals surface area contributed by atoms with Gasteiger partial charge in [0.2, 0.25) is 5.91 Å². The number of hydrazine groups is 1. The maximum Gasteiger partial charge on any atom is 0.510 e. The molecule has 0 fully saturated rings. The number of nitrogens with zero attached hydrogens (tertiary/aromatic N) is 4. The van der Waals surface area contributed by atoms with Gasteiger partial charge in [0.05, 0.1) is 0 Å². The predicted molar refractivity (Wildman–Crippen MR) is 179 cm³/mol. The molecule has 5 N–H and O–H groups in total. The summed E-state index contributed by atoms with van der Waals surface area (Å²) in [6.07, 6.45) is 0.759. The van der Waals surface area contributed by atoms with Crippen LogP contribution in [0.2, 0.25) is 0 Å². The van der Waals surface area contributed by atoms with Gasteiger partial charge >= 0.3 is 12.1 Å². The van der Waals surface area contributed by atoms with Gasteiger partial charge in [-0.15, -0.1) is 15.2 Å². The summed E-state index contributed by atoms with van der Waals surface area (Å²) >= 11 is 0. The van der Waals surface area contributed by atoms with Crippen molar-refractivity contribution in [2.45, 2.75) is 65.8 Å². The summed E-state index contributed by atoms with van der Waals surface area (Å²) in [6, 6.07) is 20.2. The average molecular weight is 679 g/mol. The van der Waals surface area contributed by atoms with Crippen LogP contribution >= 0.6 is 0 Å². The van der Waals surface area contributed by atoms with Crippen molar-refractivity contribution in [3.8, 4) is 11.1 Å². The first-order chi connectivity index (χ1) is 23.4. The van der Waals surface area contributed by atoms with Gasteiger partial charge in [-0.3, -0.25) is 4.79 Å². The van der Waals surface area contributed by atoms with Gasteiger partial charge in [0.15, 0.2) is 12.6 Å². The Hall–Kier alpha value is -5.70. The van der Waals surface area contributed by atoms with E-state index in [1.807, 2.05) is 43.3 Å². The number of aliphatic carboxylic acids is 1. The van der Waals surface area contributed by atoms with Gasteiger partial charge in [0, 0.05) is 18.5 Å². The Morgan fingerprint density at radius 2 is 1.63 bits per heavy atom. The molecule has 0 aliphatic carbocycles. The Morgan fingerprint density at radius 3 is 2.27 bits per heavy atom. The Bertz CT molecular complexity index is 1610. The summed E-state index contributed by atoms with van der Waals surface area (Å²) in [7, 11) is 0. The number of carboxylic acid groups (broad SMARTS) is 1. The van der Waals surface area contributed by atoms with Gasteiger partial charge in [0.25, 0.3) is 5.09 Å². The number of hydrazone groups is 1. The van der Waals surface area contributed by atoms with Crippen LogP contribution in [-0.2, 0) is 43.7 Å². The number of carbonyl (C=O) groups is 3. The molecule has 1 unspecified atom stereocenters. The van der Waals surface area contributed by atoms with Gasteiger partial charge in [-0.2, -0.15) is 5.12 Å². The number of rotatable bonds is 18. The van der Waals surface area contributed by atoms with Crippen LogP contribution in [0.5, 0.6) is 0 Å². The number of unbranched alkanes of at least 4 members (excludes halogenated alkanes) is 1. The smallest absolute Gasteiger partial charge is 0.480 e. The normalized spacial score (nSPS) is 11.8. The van der Waals surface area contributed by atoms with Crippen molar-refractivity contribution in [1.82, 2.24) is 10.0 Å². The molecule has 262 valence electrons. The molecule has 0 heterocycles. The molecule has 1 amide bonds. The minimum absolute atomic E-state index is 0.0434. The third-order valence-corrected chi connectivity index (χ3v) is 7.34. The van der Waals surface area contributed by atoms with Crippen molar-refractivity contribution in [3.05, 3.63) is 105 Å². The largest absolute Gasteiger partial charge is 0.510 e. The standard InChI is InChI=1S/C34H42N6O9/c1-4-5-13-30(41)38(31(23(2)3)33(42)43)19-24-14-16-27(17-15-24)28-11-6-7-12-29(28)32(35)37-39(36)22-48-34(44)47-20-25-9-8-10-26(18-25)21-49-40(45)46/h6-12,14-18,23,31H,4-5,13,19-22,36H2,1-3H3,(H2,35,37)(H,42,43). The van der Waals surface area contributed by atoms with E-state index in [4.69, 9.17) is 21.1 Å². The maximum atomic E-state index is 13.0. The van der Waals surface area contributed by atoms with E-state index in [-0.39, 0.29) is 43.8 Å². The second kappa shape index (κ2) is 18.6. The van der Waals surface area contributed by atoms with Crippen LogP contribution in [0.15, 0.2) is 77.9 Å². The summed E-state index contributed by atoms with van der Waals surface area (Å²) in [5.41, 5.74) is 10.2. The van der Waals surface area contributed by atoms with E-state index in [0.717, 1.165) is 28.2 Å². The number of carboxylic acids is 1. The van der Waals surface area contributed by atoms with Crippen molar-refractivity contribution in [2.24, 2.45) is 22.6 Å². The van der Waals surface area contributed by atoms with Crippen LogP contribution in [0.4, 0.5) is 4.79 Å². The Kier molecular flexibility index (Phi) is 14.3. The monoisotopic (exact) mass is 678 g/mol. The minimum atomic E-state index is -1.04. The summed E-state index contributed by atoms with van der Waals surface area (Å²) < 4.78 is 10.1. The zero-order chi connectivity index (χ0) is 35.9. The number of carbonyl (C=O) groups excluding carboxylic acids is 2. The molecular weight excluding hydrogens is 636 g/mol. The number of hydrogen-bond acceptors (Lipinski definition) is 11. The van der Waals surface area contributed by atoms with Crippen LogP contribution in [-0.4, -0.2) is 56.9 Å². The lowest BCUT2D eigenvalue weighted by Gasteiger charge is -2.32. The van der Waals surface area contributed by atoms with Crippen molar-refractivity contribution >= 4 is 23.9 Å². The SMILES string of the molecule is CCCCC(=O)N(Cc1ccc(-c2ccccc2/C(N)=N/N(N)COC(=O)OCc2cccc(CO[N+](=O)[O-])c2)cc1)C(C(=O)O)C(C)C. The van der Waals surface area contributed by atoms with Crippen LogP contribution < -0.4 is 11.6 Å². The van der Waals surface area contributed by atoms with Gasteiger partial charge in [-0.25, -0.2) is 15.4 Å². The highest BCUT2D eigenvalue weighted by atomic mass is 16.9. The summed E-state index contributed by atoms with van der Waals surface area (Å²) in [5.74, 6) is 4.44. The lowest BCUT2D eigenvalue weighted by molar-refractivity contribution is -0.763. The van der Waals surface area contributed by atoms with E-state index in [1.165, 1.54) is 4.90 Å². The molecule has 3 aromatic carbocycles. The molecule has 3 aromatic rings. The molecule has 15 nitrogen and oxygen atoms in total. The first-order valence-electron chi connectivity index (χ1n) is 15.6. The van der Waals surface area contributed by atoms with Crippen LogP contribution in [0, 0.1) is 16.0 Å². The molecule has 0 radical (unpaired) electrons. The highest BCUT2D eigenvalue weighted by Crippen LogP contribution is 2.26. The minimum Gasteiger partial charge on any atom is -0.480 e. The third-order valence-electron chi connectivity index (χ3n) is 7.34. The number of amidine groups is 1. The molecule has 0 saturated heterocycles. The topological polar surface area (TPSA) is 213 Å².